The summed E-state index contributed by atoms with van der Waals surface area (Å²) in [7, 11) is -1.71. The molecule has 0 saturated carbocycles. The maximum absolute atomic E-state index is 13.5. The van der Waals surface area contributed by atoms with Crippen molar-refractivity contribution in [3.05, 3.63) is 77.7 Å². The predicted molar refractivity (Wildman–Crippen MR) is 161 cm³/mol. The zero-order valence-corrected chi connectivity index (χ0v) is 24.3. The fraction of sp³-hybridized carbons (Fsp3) is 0.414. The molecule has 0 aromatic heterocycles. The predicted octanol–water partition coefficient (Wildman–Crippen LogP) is 1.47. The van der Waals surface area contributed by atoms with Crippen LogP contribution in [0.3, 0.4) is 0 Å². The van der Waals surface area contributed by atoms with Gasteiger partial charge < -0.3 is 31.9 Å². The van der Waals surface area contributed by atoms with Crippen molar-refractivity contribution in [2.45, 2.75) is 42.7 Å². The van der Waals surface area contributed by atoms with Gasteiger partial charge in [-0.05, 0) is 50.4 Å². The molecule has 1 saturated heterocycles. The highest BCUT2D eigenvalue weighted by Gasteiger charge is 2.26. The largest absolute Gasteiger partial charge is 0.370 e. The van der Waals surface area contributed by atoms with E-state index < -0.39 is 27.8 Å². The molecule has 2 aromatic rings. The SMILES string of the molecule is CN1CCN(C(=O)N[C@@H](CCCN=C(N)N)C(=O)N[C@H](C=CS(=O)(=O)c2ccccc2)CCc2ccccc2)CC1. The number of nitrogens with zero attached hydrogens (tertiary/aromatic N) is 3. The first-order valence-corrected chi connectivity index (χ1v) is 15.3. The van der Waals surface area contributed by atoms with Gasteiger partial charge >= 0.3 is 6.03 Å². The lowest BCUT2D eigenvalue weighted by Crippen LogP contribution is -2.56. The van der Waals surface area contributed by atoms with E-state index >= 15 is 0 Å². The van der Waals surface area contributed by atoms with Crippen molar-refractivity contribution in [2.75, 3.05) is 39.8 Å². The standard InChI is InChI=1S/C29H41N7O4S/c1-35-18-20-36(21-19-35)29(38)34-26(13-8-17-32-28(30)31)27(37)33-24(15-14-23-9-4-2-5-10-23)16-22-41(39,40)25-11-6-3-7-12-25/h2-7,9-12,16,22,24,26H,8,13-15,17-21H2,1H3,(H,33,37)(H,34,38)(H4,30,31,32)/t24-,26-/m0/s1. The molecule has 0 aliphatic carbocycles. The third-order valence-corrected chi connectivity index (χ3v) is 8.27. The normalized spacial score (nSPS) is 15.7. The topological polar surface area (TPSA) is 163 Å². The Morgan fingerprint density at radius 3 is 2.22 bits per heavy atom. The first-order chi connectivity index (χ1) is 19.6. The van der Waals surface area contributed by atoms with Gasteiger partial charge in [-0.2, -0.15) is 0 Å². The summed E-state index contributed by atoms with van der Waals surface area (Å²) in [6.07, 6.45) is 3.35. The molecule has 3 amide bonds. The summed E-state index contributed by atoms with van der Waals surface area (Å²) < 4.78 is 25.8. The van der Waals surface area contributed by atoms with Crippen molar-refractivity contribution in [1.82, 2.24) is 20.4 Å². The Bertz CT molecular complexity index is 1270. The van der Waals surface area contributed by atoms with Crippen LogP contribution in [0.4, 0.5) is 4.79 Å². The van der Waals surface area contributed by atoms with E-state index in [9.17, 15) is 18.0 Å². The van der Waals surface area contributed by atoms with Crippen LogP contribution in [0, 0.1) is 0 Å². The number of rotatable bonds is 13. The van der Waals surface area contributed by atoms with Crippen molar-refractivity contribution >= 4 is 27.7 Å². The van der Waals surface area contributed by atoms with Gasteiger partial charge in [0.25, 0.3) is 0 Å². The summed E-state index contributed by atoms with van der Waals surface area (Å²) in [4.78, 5) is 34.5. The van der Waals surface area contributed by atoms with E-state index in [0.29, 0.717) is 45.3 Å². The van der Waals surface area contributed by atoms with Crippen molar-refractivity contribution in [3.63, 3.8) is 0 Å². The average Bonchev–Trinajstić information content (AvgIpc) is 2.97. The van der Waals surface area contributed by atoms with Crippen molar-refractivity contribution in [2.24, 2.45) is 16.5 Å². The third kappa shape index (κ3) is 10.9. The highest BCUT2D eigenvalue weighted by Crippen LogP contribution is 2.14. The molecule has 0 radical (unpaired) electrons. The van der Waals surface area contributed by atoms with Crippen LogP contribution in [0.1, 0.15) is 24.8 Å². The molecule has 2 atom stereocenters. The van der Waals surface area contributed by atoms with Crippen LogP contribution < -0.4 is 22.1 Å². The molecule has 222 valence electrons. The van der Waals surface area contributed by atoms with Crippen molar-refractivity contribution in [1.29, 1.82) is 0 Å². The van der Waals surface area contributed by atoms with E-state index in [1.165, 1.54) is 18.2 Å². The fourth-order valence-corrected chi connectivity index (χ4v) is 5.47. The number of amides is 3. The highest BCUT2D eigenvalue weighted by molar-refractivity contribution is 7.94. The summed E-state index contributed by atoms with van der Waals surface area (Å²) in [5, 5.41) is 6.96. The molecule has 0 bridgehead atoms. The molecule has 12 heteroatoms. The first-order valence-electron chi connectivity index (χ1n) is 13.8. The van der Waals surface area contributed by atoms with Crippen LogP contribution in [0.15, 0.2) is 82.0 Å². The van der Waals surface area contributed by atoms with Gasteiger partial charge in [0.15, 0.2) is 15.8 Å². The van der Waals surface area contributed by atoms with Gasteiger partial charge in [0.05, 0.1) is 4.90 Å². The number of aryl methyl sites for hydroxylation is 1. The van der Waals surface area contributed by atoms with E-state index in [4.69, 9.17) is 11.5 Å². The molecule has 2 aromatic carbocycles. The minimum absolute atomic E-state index is 0.0433. The second-order valence-electron chi connectivity index (χ2n) is 10.1. The molecular weight excluding hydrogens is 542 g/mol. The van der Waals surface area contributed by atoms with E-state index in [1.54, 1.807) is 23.1 Å². The average molecular weight is 584 g/mol. The van der Waals surface area contributed by atoms with Gasteiger partial charge in [0, 0.05) is 44.2 Å². The number of carbonyl (C=O) groups is 2. The second-order valence-corrected chi connectivity index (χ2v) is 11.9. The van der Waals surface area contributed by atoms with Gasteiger partial charge in [0.1, 0.15) is 6.04 Å². The van der Waals surface area contributed by atoms with Gasteiger partial charge in [-0.15, -0.1) is 0 Å². The zero-order chi connectivity index (χ0) is 29.7. The Morgan fingerprint density at radius 1 is 0.951 bits per heavy atom. The minimum atomic E-state index is -3.71. The van der Waals surface area contributed by atoms with E-state index in [1.807, 2.05) is 37.4 Å². The number of nitrogens with two attached hydrogens (primary N) is 2. The third-order valence-electron chi connectivity index (χ3n) is 6.83. The van der Waals surface area contributed by atoms with Gasteiger partial charge in [-0.3, -0.25) is 9.79 Å². The van der Waals surface area contributed by atoms with E-state index in [2.05, 4.69) is 20.5 Å². The molecule has 11 nitrogen and oxygen atoms in total. The number of carbonyl (C=O) groups excluding carboxylic acids is 2. The maximum Gasteiger partial charge on any atom is 0.318 e. The smallest absolute Gasteiger partial charge is 0.318 e. The van der Waals surface area contributed by atoms with E-state index in [-0.39, 0.29) is 16.9 Å². The molecule has 0 spiro atoms. The van der Waals surface area contributed by atoms with Gasteiger partial charge in [-0.25, -0.2) is 13.2 Å². The molecule has 41 heavy (non-hydrogen) atoms. The number of urea groups is 1. The van der Waals surface area contributed by atoms with Crippen LogP contribution in [0.5, 0.6) is 0 Å². The molecule has 3 rings (SSSR count). The van der Waals surface area contributed by atoms with Gasteiger partial charge in [-0.1, -0.05) is 54.6 Å². The number of sulfone groups is 1. The fourth-order valence-electron chi connectivity index (χ4n) is 4.38. The summed E-state index contributed by atoms with van der Waals surface area (Å²) in [6, 6.07) is 16.1. The maximum atomic E-state index is 13.5. The second kappa shape index (κ2) is 15.8. The number of benzene rings is 2. The van der Waals surface area contributed by atoms with Gasteiger partial charge in [0.2, 0.25) is 5.91 Å². The van der Waals surface area contributed by atoms with Crippen LogP contribution in [-0.2, 0) is 21.1 Å². The Balaban J connectivity index is 1.76. The summed E-state index contributed by atoms with van der Waals surface area (Å²) in [6.45, 7) is 2.92. The molecule has 0 unspecified atom stereocenters. The number of piperazine rings is 1. The Morgan fingerprint density at radius 2 is 1.59 bits per heavy atom. The van der Waals surface area contributed by atoms with Crippen molar-refractivity contribution < 1.29 is 18.0 Å². The minimum Gasteiger partial charge on any atom is -0.370 e. The number of hydrogen-bond acceptors (Lipinski definition) is 6. The van der Waals surface area contributed by atoms with Crippen LogP contribution in [0.2, 0.25) is 0 Å². The molecule has 6 N–H and O–H groups in total. The molecule has 1 heterocycles. The Hall–Kier alpha value is -3.90. The van der Waals surface area contributed by atoms with Crippen LogP contribution in [0.25, 0.3) is 0 Å². The lowest BCUT2D eigenvalue weighted by atomic mass is 10.0. The van der Waals surface area contributed by atoms with Crippen molar-refractivity contribution in [3.8, 4) is 0 Å². The summed E-state index contributed by atoms with van der Waals surface area (Å²) in [5.41, 5.74) is 11.9. The van der Waals surface area contributed by atoms with Crippen LogP contribution >= 0.6 is 0 Å². The summed E-state index contributed by atoms with van der Waals surface area (Å²) in [5.74, 6) is -0.449. The number of hydrogen-bond donors (Lipinski definition) is 4. The monoisotopic (exact) mass is 583 g/mol. The van der Waals surface area contributed by atoms with E-state index in [0.717, 1.165) is 24.1 Å². The molecule has 1 aliphatic rings. The number of guanidine groups is 1. The summed E-state index contributed by atoms with van der Waals surface area (Å²) >= 11 is 0. The zero-order valence-electron chi connectivity index (χ0n) is 23.5. The Kier molecular flexibility index (Phi) is 12.2. The lowest BCUT2D eigenvalue weighted by Gasteiger charge is -2.33. The Labute approximate surface area is 242 Å². The first kappa shape index (κ1) is 31.6. The molecule has 1 aliphatic heterocycles. The lowest BCUT2D eigenvalue weighted by molar-refractivity contribution is -0.123. The molecule has 1 fully saturated rings. The number of likely N-dealkylation sites (N-methyl/N-ethyl adjacent to an activating group) is 1. The quantitative estimate of drug-likeness (QED) is 0.158. The number of nitrogens with one attached hydrogen (secondary N) is 2. The molecular formula is C29H41N7O4S. The van der Waals surface area contributed by atoms with Crippen LogP contribution in [-0.4, -0.2) is 88.0 Å². The number of aliphatic imine (C=N–C) groups is 1. The highest BCUT2D eigenvalue weighted by atomic mass is 32.2.